The van der Waals surface area contributed by atoms with Crippen molar-refractivity contribution in [2.45, 2.75) is 53.9 Å². The summed E-state index contributed by atoms with van der Waals surface area (Å²) < 4.78 is 0. The Morgan fingerprint density at radius 1 is 0.214 bits per heavy atom. The Labute approximate surface area is 334 Å². The third kappa shape index (κ3) is 7.28. The second-order valence-corrected chi connectivity index (χ2v) is 16.1. The Kier molecular flexibility index (Phi) is 9.92. The Balaban J connectivity index is 1.36. The van der Waals surface area contributed by atoms with Crippen LogP contribution in [0.5, 0.6) is 0 Å². The van der Waals surface area contributed by atoms with Gasteiger partial charge in [-0.05, 0) is 115 Å². The minimum atomic E-state index is -0.603. The molecule has 0 unspecified atom stereocenters. The number of aryl methyl sites for hydroxylation is 7. The molecule has 0 aromatic heterocycles. The molecule has 0 radical (unpaired) electrons. The molecule has 0 heteroatoms. The lowest BCUT2D eigenvalue weighted by molar-refractivity contribution is 0.745. The summed E-state index contributed by atoms with van der Waals surface area (Å²) in [6.45, 7) is 15.2. The van der Waals surface area contributed by atoms with E-state index in [-0.39, 0.29) is 0 Å². The van der Waals surface area contributed by atoms with Gasteiger partial charge in [0, 0.05) is 0 Å². The van der Waals surface area contributed by atoms with Gasteiger partial charge in [0.05, 0.1) is 5.41 Å². The fraction of sp³-hybridized carbons (Fsp3) is 0.143. The zero-order valence-corrected chi connectivity index (χ0v) is 33.7. The number of hydrogen-bond donors (Lipinski definition) is 0. The maximum atomic E-state index is 2.36. The van der Waals surface area contributed by atoms with Crippen LogP contribution in [-0.4, -0.2) is 0 Å². The molecule has 0 saturated carbocycles. The maximum absolute atomic E-state index is 2.36. The fourth-order valence-corrected chi connectivity index (χ4v) is 8.90. The van der Waals surface area contributed by atoms with E-state index in [1.165, 1.54) is 106 Å². The van der Waals surface area contributed by atoms with Gasteiger partial charge in [0.25, 0.3) is 0 Å². The van der Waals surface area contributed by atoms with Gasteiger partial charge in [0.2, 0.25) is 0 Å². The van der Waals surface area contributed by atoms with E-state index in [0.717, 1.165) is 0 Å². The molecule has 0 heterocycles. The summed E-state index contributed by atoms with van der Waals surface area (Å²) in [5.41, 5.74) is 23.1. The normalized spacial score (nSPS) is 11.5. The lowest BCUT2D eigenvalue weighted by Gasteiger charge is -2.37. The van der Waals surface area contributed by atoms with Crippen molar-refractivity contribution >= 4 is 0 Å². The summed E-state index contributed by atoms with van der Waals surface area (Å²) in [6, 6.07) is 66.6. The Bertz CT molecular complexity index is 2360. The summed E-state index contributed by atoms with van der Waals surface area (Å²) in [5, 5.41) is 0. The first-order chi connectivity index (χ1) is 27.0. The van der Waals surface area contributed by atoms with Crippen LogP contribution in [0, 0.1) is 48.5 Å². The molecule has 0 aliphatic heterocycles. The molecule has 0 spiro atoms. The molecule has 274 valence electrons. The van der Waals surface area contributed by atoms with Crippen molar-refractivity contribution < 1.29 is 0 Å². The highest BCUT2D eigenvalue weighted by atomic mass is 14.4. The third-order valence-electron chi connectivity index (χ3n) is 11.3. The zero-order valence-electron chi connectivity index (χ0n) is 33.7. The molecule has 0 nitrogen and oxygen atoms in total. The highest BCUT2D eigenvalue weighted by Crippen LogP contribution is 2.47. The van der Waals surface area contributed by atoms with Gasteiger partial charge in [0.1, 0.15) is 0 Å². The van der Waals surface area contributed by atoms with Gasteiger partial charge < -0.3 is 0 Å². The van der Waals surface area contributed by atoms with Crippen LogP contribution in [0.15, 0.2) is 176 Å². The van der Waals surface area contributed by atoms with Crippen LogP contribution in [0.3, 0.4) is 0 Å². The summed E-state index contributed by atoms with van der Waals surface area (Å²) in [7, 11) is 0. The minimum Gasteiger partial charge on any atom is -0.0614 e. The second-order valence-electron chi connectivity index (χ2n) is 16.1. The van der Waals surface area contributed by atoms with Crippen molar-refractivity contribution in [3.63, 3.8) is 0 Å². The average Bonchev–Trinajstić information content (AvgIpc) is 3.18. The Morgan fingerprint density at radius 3 is 0.732 bits per heavy atom. The van der Waals surface area contributed by atoms with Gasteiger partial charge >= 0.3 is 0 Å². The smallest absolute Gasteiger partial charge is 0.0614 e. The van der Waals surface area contributed by atoms with Crippen molar-refractivity contribution in [2.24, 2.45) is 0 Å². The number of hydrogen-bond acceptors (Lipinski definition) is 0. The quantitative estimate of drug-likeness (QED) is 0.137. The highest BCUT2D eigenvalue weighted by Gasteiger charge is 2.38. The van der Waals surface area contributed by atoms with Crippen molar-refractivity contribution in [3.8, 4) is 44.5 Å². The largest absolute Gasteiger partial charge is 0.0701 e. The fourth-order valence-electron chi connectivity index (χ4n) is 8.90. The molecule has 56 heavy (non-hydrogen) atoms. The van der Waals surface area contributed by atoms with Crippen LogP contribution >= 0.6 is 0 Å². The van der Waals surface area contributed by atoms with E-state index in [9.17, 15) is 0 Å². The van der Waals surface area contributed by atoms with Gasteiger partial charge in [-0.1, -0.05) is 215 Å². The van der Waals surface area contributed by atoms with Crippen LogP contribution in [0.2, 0.25) is 0 Å². The first-order valence-corrected chi connectivity index (χ1v) is 19.8. The lowest BCUT2D eigenvalue weighted by atomic mass is 9.64. The molecule has 0 aliphatic carbocycles. The predicted octanol–water partition coefficient (Wildman–Crippen LogP) is 14.9. The monoisotopic (exact) mass is 722 g/mol. The molecular formula is C56H50. The van der Waals surface area contributed by atoms with E-state index in [1.54, 1.807) is 0 Å². The molecule has 8 aromatic rings. The van der Waals surface area contributed by atoms with Crippen molar-refractivity contribution in [2.75, 3.05) is 0 Å². The van der Waals surface area contributed by atoms with E-state index in [4.69, 9.17) is 0 Å². The molecule has 0 aliphatic rings. The SMILES string of the molecule is Cc1cccc(-c2ccc(C(c3ccc(-c4cc(C)cc(C)c4)cc3)(c3ccc(-c4cc(C)cc(C)c4)cc3)c3ccc(-c4cc(C)cc(C)c4)cc3)cc2)c1. The van der Waals surface area contributed by atoms with Crippen molar-refractivity contribution in [1.82, 2.24) is 0 Å². The van der Waals surface area contributed by atoms with Crippen molar-refractivity contribution in [3.05, 3.63) is 237 Å². The first kappa shape index (κ1) is 36.7. The molecule has 8 aromatic carbocycles. The van der Waals surface area contributed by atoms with E-state index in [2.05, 4.69) is 224 Å². The first-order valence-electron chi connectivity index (χ1n) is 19.8. The molecule has 8 rings (SSSR count). The predicted molar refractivity (Wildman–Crippen MR) is 240 cm³/mol. The summed E-state index contributed by atoms with van der Waals surface area (Å²) in [5.74, 6) is 0. The second kappa shape index (κ2) is 15.1. The topological polar surface area (TPSA) is 0 Å². The molecule has 0 amide bonds. The molecular weight excluding hydrogens is 673 g/mol. The molecule has 0 atom stereocenters. The molecule has 0 fully saturated rings. The minimum absolute atomic E-state index is 0.603. The van der Waals surface area contributed by atoms with Gasteiger partial charge in [-0.25, -0.2) is 0 Å². The van der Waals surface area contributed by atoms with Crippen LogP contribution in [0.4, 0.5) is 0 Å². The average molecular weight is 723 g/mol. The Hall–Kier alpha value is -6.24. The van der Waals surface area contributed by atoms with Crippen LogP contribution in [-0.2, 0) is 5.41 Å². The van der Waals surface area contributed by atoms with Crippen LogP contribution in [0.25, 0.3) is 44.5 Å². The van der Waals surface area contributed by atoms with Gasteiger partial charge in [-0.15, -0.1) is 0 Å². The van der Waals surface area contributed by atoms with E-state index in [0.29, 0.717) is 0 Å². The lowest BCUT2D eigenvalue weighted by Crippen LogP contribution is -2.31. The van der Waals surface area contributed by atoms with E-state index >= 15 is 0 Å². The summed E-state index contributed by atoms with van der Waals surface area (Å²) in [4.78, 5) is 0. The van der Waals surface area contributed by atoms with Gasteiger partial charge in [-0.2, -0.15) is 0 Å². The highest BCUT2D eigenvalue weighted by molar-refractivity contribution is 5.73. The molecule has 0 bridgehead atoms. The van der Waals surface area contributed by atoms with Crippen LogP contribution < -0.4 is 0 Å². The van der Waals surface area contributed by atoms with E-state index in [1.807, 2.05) is 0 Å². The molecule has 0 N–H and O–H groups in total. The zero-order chi connectivity index (χ0) is 39.0. The number of benzene rings is 8. The van der Waals surface area contributed by atoms with Crippen LogP contribution in [0.1, 0.15) is 61.2 Å². The van der Waals surface area contributed by atoms with Gasteiger partial charge in [0.15, 0.2) is 0 Å². The van der Waals surface area contributed by atoms with Crippen molar-refractivity contribution in [1.29, 1.82) is 0 Å². The van der Waals surface area contributed by atoms with E-state index < -0.39 is 5.41 Å². The molecule has 0 saturated heterocycles. The summed E-state index contributed by atoms with van der Waals surface area (Å²) >= 11 is 0. The standard InChI is InChI=1S/C56H50/c1-37-9-8-10-48(30-37)44-11-19-52(20-12-44)56(53-21-13-45(14-22-53)49-31-38(2)27-39(3)32-49,54-23-15-46(16-24-54)50-33-40(4)28-41(5)34-50)55-25-17-47(18-26-55)51-35-42(6)29-43(7)36-51/h8-36H,1-7H3. The summed E-state index contributed by atoms with van der Waals surface area (Å²) in [6.07, 6.45) is 0. The number of rotatable bonds is 8. The maximum Gasteiger partial charge on any atom is 0.0701 e. The third-order valence-corrected chi connectivity index (χ3v) is 11.3. The Morgan fingerprint density at radius 2 is 0.464 bits per heavy atom. The van der Waals surface area contributed by atoms with Gasteiger partial charge in [-0.3, -0.25) is 0 Å².